The number of aliphatic imine (C=N–C) groups is 1. The van der Waals surface area contributed by atoms with Crippen LogP contribution < -0.4 is 9.64 Å². The van der Waals surface area contributed by atoms with Crippen molar-refractivity contribution < 1.29 is 31.8 Å². The average molecular weight is 1090 g/mol. The van der Waals surface area contributed by atoms with Gasteiger partial charge in [0.25, 0.3) is 0 Å². The molecule has 4 aliphatic rings. The first-order chi connectivity index (χ1) is 37.6. The van der Waals surface area contributed by atoms with Crippen molar-refractivity contribution in [3.05, 3.63) is 119 Å². The third-order valence-corrected chi connectivity index (χ3v) is 23.8. The van der Waals surface area contributed by atoms with Crippen LogP contribution in [-0.2, 0) is 11.2 Å². The van der Waals surface area contributed by atoms with Gasteiger partial charge in [0.2, 0.25) is 6.43 Å². The van der Waals surface area contributed by atoms with Crippen LogP contribution in [-0.4, -0.2) is 108 Å². The Balaban J connectivity index is 1.23. The van der Waals surface area contributed by atoms with Gasteiger partial charge < -0.3 is 19.3 Å². The lowest BCUT2D eigenvalue weighted by atomic mass is 9.73. The molecule has 3 fully saturated rings. The molecule has 0 spiro atoms. The van der Waals surface area contributed by atoms with Gasteiger partial charge in [-0.1, -0.05) is 121 Å². The number of halogens is 4. The van der Waals surface area contributed by atoms with Gasteiger partial charge in [-0.25, -0.2) is 32.3 Å². The van der Waals surface area contributed by atoms with Crippen LogP contribution in [0.1, 0.15) is 124 Å². The molecule has 0 saturated carbocycles. The average Bonchev–Trinajstić information content (AvgIpc) is 4.00. The highest BCUT2D eigenvalue weighted by Gasteiger charge is 2.51. The van der Waals surface area contributed by atoms with Crippen molar-refractivity contribution in [2.45, 2.75) is 155 Å². The zero-order valence-corrected chi connectivity index (χ0v) is 48.6. The van der Waals surface area contributed by atoms with E-state index in [-0.39, 0.29) is 76.7 Å². The number of ether oxygens (including phenoxy) is 2. The molecular weight excluding hydrogens is 1020 g/mol. The van der Waals surface area contributed by atoms with Crippen LogP contribution in [0.25, 0.3) is 32.9 Å². The normalized spacial score (nSPS) is 21.6. The number of aryl methyl sites for hydroxylation is 1. The lowest BCUT2D eigenvalue weighted by molar-refractivity contribution is -0.0679. The highest BCUT2D eigenvalue weighted by atomic mass is 28.3. The molecule has 3 saturated heterocycles. The van der Waals surface area contributed by atoms with Gasteiger partial charge in [0, 0.05) is 46.5 Å². The quantitative estimate of drug-likeness (QED) is 0.0548. The number of rotatable bonds is 11. The van der Waals surface area contributed by atoms with Crippen LogP contribution in [0.3, 0.4) is 0 Å². The van der Waals surface area contributed by atoms with E-state index in [9.17, 15) is 13.6 Å². The molecule has 2 bridgehead atoms. The lowest BCUT2D eigenvalue weighted by Crippen LogP contribution is -2.62. The number of carbonyl (C=O) groups excluding carboxylic acids is 1. The number of pyridine rings is 1. The molecule has 1 amide bonds. The van der Waals surface area contributed by atoms with Crippen LogP contribution in [0.2, 0.25) is 16.6 Å². The summed E-state index contributed by atoms with van der Waals surface area (Å²) >= 11 is 0. The summed E-state index contributed by atoms with van der Waals surface area (Å²) in [5.74, 6) is 1.60. The van der Waals surface area contributed by atoms with E-state index >= 15 is 8.78 Å². The summed E-state index contributed by atoms with van der Waals surface area (Å²) in [5, 5.41) is 1.42. The van der Waals surface area contributed by atoms with Crippen LogP contribution in [0, 0.1) is 34.4 Å². The van der Waals surface area contributed by atoms with Gasteiger partial charge in [-0.05, 0) is 113 Å². The van der Waals surface area contributed by atoms with E-state index in [2.05, 4.69) is 57.9 Å². The van der Waals surface area contributed by atoms with Crippen molar-refractivity contribution in [3.63, 3.8) is 0 Å². The van der Waals surface area contributed by atoms with E-state index in [4.69, 9.17) is 29.4 Å². The number of benzene rings is 4. The molecule has 79 heavy (non-hydrogen) atoms. The SMILES string of the molecule is CC(C)[Si](C#Cc1c(F)ccc2cc(N=C(c3ccccc3)c3ccccc3)cc(-c3nc4c5c(nc(OC[C@]6(C)CN(C)CC[C@@H]6C(F)F)nc5c3F)N3C[C@H]5CC[C@@H]([C@H]3CCC4)N5C(=O)OC(C)(C)C)c12)(C(C)C)C(C)C. The van der Waals surface area contributed by atoms with E-state index in [1.165, 1.54) is 6.07 Å². The number of carbonyl (C=O) groups is 1. The van der Waals surface area contributed by atoms with Crippen molar-refractivity contribution in [1.29, 1.82) is 0 Å². The summed E-state index contributed by atoms with van der Waals surface area (Å²) in [4.78, 5) is 40.8. The van der Waals surface area contributed by atoms with Crippen LogP contribution >= 0.6 is 0 Å². The Morgan fingerprint density at radius 2 is 1.52 bits per heavy atom. The molecular formula is C64H75F4N7O3Si. The third-order valence-electron chi connectivity index (χ3n) is 17.5. The summed E-state index contributed by atoms with van der Waals surface area (Å²) < 4.78 is 78.2. The minimum Gasteiger partial charge on any atom is -0.463 e. The van der Waals surface area contributed by atoms with Gasteiger partial charge in [-0.15, -0.1) is 5.54 Å². The number of aromatic nitrogens is 3. The van der Waals surface area contributed by atoms with Gasteiger partial charge in [0.15, 0.2) is 5.82 Å². The molecule has 10 rings (SSSR count). The number of piperazine rings is 1. The molecule has 0 aliphatic carbocycles. The summed E-state index contributed by atoms with van der Waals surface area (Å²) in [6.07, 6.45) is 0.534. The summed E-state index contributed by atoms with van der Waals surface area (Å²) in [6, 6.07) is 25.7. The van der Waals surface area contributed by atoms with Crippen molar-refractivity contribution in [2.75, 3.05) is 38.2 Å². The largest absolute Gasteiger partial charge is 0.463 e. The molecule has 5 atom stereocenters. The Bertz CT molecular complexity index is 3300. The molecule has 0 N–H and O–H groups in total. The fraction of sp³-hybridized carbons (Fsp3) is 0.484. The number of fused-ring (bicyclic) bond motifs is 6. The van der Waals surface area contributed by atoms with Gasteiger partial charge in [-0.3, -0.25) is 4.90 Å². The highest BCUT2D eigenvalue weighted by molar-refractivity contribution is 6.90. The first-order valence-corrected chi connectivity index (χ1v) is 30.6. The van der Waals surface area contributed by atoms with E-state index in [1.807, 2.05) is 104 Å². The van der Waals surface area contributed by atoms with Gasteiger partial charge in [-0.2, -0.15) is 9.97 Å². The van der Waals surface area contributed by atoms with E-state index in [0.717, 1.165) is 24.0 Å². The number of nitrogens with zero attached hydrogens (tertiary/aromatic N) is 7. The Morgan fingerprint density at radius 1 is 0.848 bits per heavy atom. The van der Waals surface area contributed by atoms with Crippen LogP contribution in [0.5, 0.6) is 6.01 Å². The Labute approximate surface area is 464 Å². The Morgan fingerprint density at radius 3 is 2.15 bits per heavy atom. The molecule has 2 aromatic heterocycles. The highest BCUT2D eigenvalue weighted by Crippen LogP contribution is 2.47. The zero-order valence-electron chi connectivity index (χ0n) is 47.6. The number of hydrogen-bond donors (Lipinski definition) is 0. The number of hydrogen-bond acceptors (Lipinski definition) is 9. The van der Waals surface area contributed by atoms with Gasteiger partial charge in [0.1, 0.15) is 36.5 Å². The summed E-state index contributed by atoms with van der Waals surface area (Å²) in [5.41, 5.74) is 6.67. The van der Waals surface area contributed by atoms with Gasteiger partial charge in [0.05, 0.1) is 52.8 Å². The molecule has 4 aromatic carbocycles. The molecule has 6 aromatic rings. The maximum atomic E-state index is 18.9. The monoisotopic (exact) mass is 1090 g/mol. The smallest absolute Gasteiger partial charge is 0.410 e. The topological polar surface area (TPSA) is 96.3 Å². The predicted octanol–water partition coefficient (Wildman–Crippen LogP) is 14.8. The molecule has 6 heterocycles. The summed E-state index contributed by atoms with van der Waals surface area (Å²) in [7, 11) is -0.521. The summed E-state index contributed by atoms with van der Waals surface area (Å²) in [6.45, 7) is 21.8. The second-order valence-electron chi connectivity index (χ2n) is 24.8. The molecule has 0 radical (unpaired) electrons. The number of likely N-dealkylation sites (tertiary alicyclic amines) is 1. The van der Waals surface area contributed by atoms with Crippen molar-refractivity contribution in [2.24, 2.45) is 16.3 Å². The molecule has 10 nitrogen and oxygen atoms in total. The molecule has 0 unspecified atom stereocenters. The molecule has 15 heteroatoms. The van der Waals surface area contributed by atoms with E-state index in [0.29, 0.717) is 83.5 Å². The Hall–Kier alpha value is -6.37. The Kier molecular flexibility index (Phi) is 15.5. The lowest BCUT2D eigenvalue weighted by Gasteiger charge is -2.48. The minimum absolute atomic E-state index is 0.0508. The van der Waals surface area contributed by atoms with Crippen molar-refractivity contribution in [1.82, 2.24) is 24.8 Å². The number of piperidine rings is 1. The van der Waals surface area contributed by atoms with Gasteiger partial charge >= 0.3 is 12.1 Å². The minimum atomic E-state index is -2.58. The fourth-order valence-corrected chi connectivity index (χ4v) is 19.1. The molecule has 416 valence electrons. The maximum absolute atomic E-state index is 18.9. The second-order valence-corrected chi connectivity index (χ2v) is 30.4. The standard InChI is InChI=1S/C64H75F4N7O3Si/c1-38(2)79(39(3)4,40(5)6)32-30-46-49(65)27-25-43-33-44(69-56(41-19-14-12-15-20-41)42-21-16-13-17-22-42)34-47(53(43)46)57-55(66)58-54-50(70-57)23-18-24-51-52-28-26-45(75(52)62(76)78-63(7,8)9)35-74(51)60(54)72-61(71-58)77-37-64(10)36-73(11)31-29-48(64)59(67)68/h12-17,19-22,25,27,33-34,38-40,45,48,51-52,59H,18,23-24,26,28-29,31,35-37H2,1-11H3/t45-,48-,51-,52+,64+/m1/s1. The van der Waals surface area contributed by atoms with E-state index in [1.54, 1.807) is 19.1 Å². The predicted molar refractivity (Wildman–Crippen MR) is 310 cm³/mol. The fourth-order valence-electron chi connectivity index (χ4n) is 13.9. The maximum Gasteiger partial charge on any atom is 0.410 e. The second kappa shape index (κ2) is 21.9. The third kappa shape index (κ3) is 10.6. The zero-order chi connectivity index (χ0) is 56.3. The number of anilines is 1. The van der Waals surface area contributed by atoms with Crippen LogP contribution in [0.15, 0.2) is 89.9 Å². The number of amides is 1. The van der Waals surface area contributed by atoms with Crippen molar-refractivity contribution >= 4 is 53.1 Å². The molecule has 4 aliphatic heterocycles. The first kappa shape index (κ1) is 55.9. The number of alkyl halides is 2. The van der Waals surface area contributed by atoms with Crippen molar-refractivity contribution in [3.8, 4) is 28.7 Å². The first-order valence-electron chi connectivity index (χ1n) is 28.4. The van der Waals surface area contributed by atoms with Crippen LogP contribution in [0.4, 0.5) is 33.9 Å². The van der Waals surface area contributed by atoms with E-state index < -0.39 is 43.1 Å².